The van der Waals surface area contributed by atoms with Gasteiger partial charge in [-0.3, -0.25) is 14.4 Å². The number of fused-ring (bicyclic) bond motifs is 1. The Morgan fingerprint density at radius 2 is 1.42 bits per heavy atom. The Kier molecular flexibility index (Phi) is 18.7. The summed E-state index contributed by atoms with van der Waals surface area (Å²) in [5, 5.41) is 20.1. The Labute approximate surface area is 335 Å². The number of aryl methyl sites for hydroxylation is 1. The molecule has 1 atom stereocenters. The number of carbonyl (C=O) groups excluding carboxylic acids is 2. The lowest BCUT2D eigenvalue weighted by atomic mass is 9.95. The van der Waals surface area contributed by atoms with E-state index in [0.29, 0.717) is 78.0 Å². The number of nitrogens with zero attached hydrogens (tertiary/aromatic N) is 1. The lowest BCUT2D eigenvalue weighted by Gasteiger charge is -2.19. The second kappa shape index (κ2) is 23.9. The average Bonchev–Trinajstić information content (AvgIpc) is 3.18. The first-order chi connectivity index (χ1) is 27.5. The standard InChI is InChI=1S/C44H58N4O9/c1-32-17-19-46-40(28-32)45-18-7-10-41(49)47-30-42(50)48-38(29-43(51)52)34-13-11-33(12-14-34)35-15-16-39(37-9-6-5-8-36(35)37)57-27-26-55-23-22-53-20-21-54-24-25-56-31-44(2,3)4/h5-6,8-9,11-17,19,28,38H,7,10,18,20-27,29-31H2,1-4H3,(H,45,46)(H,47,49)(H,48,50)(H,51,52)/t38-/m0/s1. The third-order valence-corrected chi connectivity index (χ3v) is 8.61. The molecule has 0 unspecified atom stereocenters. The van der Waals surface area contributed by atoms with Gasteiger partial charge >= 0.3 is 5.97 Å². The van der Waals surface area contributed by atoms with Crippen LogP contribution in [-0.2, 0) is 33.3 Å². The van der Waals surface area contributed by atoms with E-state index in [1.54, 1.807) is 6.20 Å². The molecule has 57 heavy (non-hydrogen) atoms. The van der Waals surface area contributed by atoms with E-state index in [4.69, 9.17) is 23.7 Å². The molecule has 308 valence electrons. The molecule has 0 fully saturated rings. The van der Waals surface area contributed by atoms with Crippen molar-refractivity contribution < 1.29 is 43.2 Å². The minimum absolute atomic E-state index is 0.149. The summed E-state index contributed by atoms with van der Waals surface area (Å²) in [4.78, 5) is 41.1. The Morgan fingerprint density at radius 1 is 0.772 bits per heavy atom. The molecule has 1 aromatic heterocycles. The zero-order chi connectivity index (χ0) is 40.9. The van der Waals surface area contributed by atoms with Crippen molar-refractivity contribution in [2.75, 3.05) is 77.9 Å². The third kappa shape index (κ3) is 16.9. The maximum Gasteiger partial charge on any atom is 0.305 e. The predicted octanol–water partition coefficient (Wildman–Crippen LogP) is 6.34. The van der Waals surface area contributed by atoms with Gasteiger partial charge in [0, 0.05) is 24.5 Å². The zero-order valence-electron chi connectivity index (χ0n) is 33.6. The maximum absolute atomic E-state index is 12.8. The van der Waals surface area contributed by atoms with Crippen LogP contribution < -0.4 is 20.7 Å². The van der Waals surface area contributed by atoms with Gasteiger partial charge < -0.3 is 44.7 Å². The molecule has 4 aromatic rings. The van der Waals surface area contributed by atoms with E-state index in [2.05, 4.69) is 41.7 Å². The number of ether oxygens (including phenoxy) is 5. The summed E-state index contributed by atoms with van der Waals surface area (Å²) in [6.45, 7) is 13.2. The van der Waals surface area contributed by atoms with Crippen LogP contribution in [0, 0.1) is 12.3 Å². The molecule has 4 N–H and O–H groups in total. The highest BCUT2D eigenvalue weighted by molar-refractivity contribution is 6.00. The molecular formula is C44H58N4O9. The van der Waals surface area contributed by atoms with Crippen molar-refractivity contribution in [2.24, 2.45) is 5.41 Å². The van der Waals surface area contributed by atoms with Crippen LogP contribution in [0.4, 0.5) is 5.82 Å². The fraction of sp³-hybridized carbons (Fsp3) is 0.455. The number of carboxylic acid groups (broad SMARTS) is 1. The van der Waals surface area contributed by atoms with Gasteiger partial charge in [0.15, 0.2) is 0 Å². The number of hydrogen-bond acceptors (Lipinski definition) is 10. The van der Waals surface area contributed by atoms with Crippen LogP contribution in [0.15, 0.2) is 79.0 Å². The van der Waals surface area contributed by atoms with E-state index < -0.39 is 17.9 Å². The van der Waals surface area contributed by atoms with Crippen molar-refractivity contribution in [1.82, 2.24) is 15.6 Å². The average molecular weight is 787 g/mol. The second-order valence-electron chi connectivity index (χ2n) is 14.8. The molecule has 1 heterocycles. The number of carboxylic acids is 1. The number of amides is 2. The SMILES string of the molecule is Cc1ccnc(NCCCC(=O)NCC(=O)N[C@@H](CC(=O)O)c2ccc(-c3ccc(OCCOCCOCCOCCOCC(C)(C)C)c4ccccc34)cc2)c1. The lowest BCUT2D eigenvalue weighted by Crippen LogP contribution is -2.39. The van der Waals surface area contributed by atoms with Crippen molar-refractivity contribution in [3.05, 3.63) is 90.1 Å². The highest BCUT2D eigenvalue weighted by Crippen LogP contribution is 2.35. The van der Waals surface area contributed by atoms with Crippen LogP contribution in [0.1, 0.15) is 57.2 Å². The molecule has 0 saturated carbocycles. The van der Waals surface area contributed by atoms with Crippen LogP contribution in [0.5, 0.6) is 5.75 Å². The number of anilines is 1. The van der Waals surface area contributed by atoms with Crippen molar-refractivity contribution in [3.63, 3.8) is 0 Å². The predicted molar refractivity (Wildman–Crippen MR) is 220 cm³/mol. The van der Waals surface area contributed by atoms with E-state index in [9.17, 15) is 19.5 Å². The Bertz CT molecular complexity index is 1850. The van der Waals surface area contributed by atoms with E-state index in [-0.39, 0.29) is 30.7 Å². The van der Waals surface area contributed by atoms with E-state index >= 15 is 0 Å². The van der Waals surface area contributed by atoms with Crippen LogP contribution in [0.25, 0.3) is 21.9 Å². The quantitative estimate of drug-likeness (QED) is 0.0525. The first-order valence-corrected chi connectivity index (χ1v) is 19.5. The summed E-state index contributed by atoms with van der Waals surface area (Å²) in [5.74, 6) is -0.323. The van der Waals surface area contributed by atoms with Gasteiger partial charge in [0.2, 0.25) is 11.8 Å². The summed E-state index contributed by atoms with van der Waals surface area (Å²) >= 11 is 0. The summed E-state index contributed by atoms with van der Waals surface area (Å²) in [6.07, 6.45) is 2.19. The molecule has 13 nitrogen and oxygen atoms in total. The molecule has 0 aliphatic carbocycles. The molecule has 13 heteroatoms. The molecular weight excluding hydrogens is 729 g/mol. The molecule has 0 saturated heterocycles. The van der Waals surface area contributed by atoms with Crippen LogP contribution >= 0.6 is 0 Å². The maximum atomic E-state index is 12.8. The van der Waals surface area contributed by atoms with Crippen LogP contribution in [-0.4, -0.2) is 100 Å². The van der Waals surface area contributed by atoms with Gasteiger partial charge in [-0.1, -0.05) is 75.4 Å². The van der Waals surface area contributed by atoms with Gasteiger partial charge in [0.1, 0.15) is 18.2 Å². The summed E-state index contributed by atoms with van der Waals surface area (Å²) in [6, 6.07) is 22.4. The molecule has 0 aliphatic heterocycles. The van der Waals surface area contributed by atoms with Gasteiger partial charge in [-0.25, -0.2) is 4.98 Å². The lowest BCUT2D eigenvalue weighted by molar-refractivity contribution is -0.138. The van der Waals surface area contributed by atoms with E-state index in [0.717, 1.165) is 39.0 Å². The number of carbonyl (C=O) groups is 3. The smallest absolute Gasteiger partial charge is 0.305 e. The minimum Gasteiger partial charge on any atom is -0.491 e. The largest absolute Gasteiger partial charge is 0.491 e. The van der Waals surface area contributed by atoms with Gasteiger partial charge in [-0.15, -0.1) is 0 Å². The first-order valence-electron chi connectivity index (χ1n) is 19.5. The molecule has 0 radical (unpaired) electrons. The Hall–Kier alpha value is -5.08. The molecule has 0 spiro atoms. The zero-order valence-corrected chi connectivity index (χ0v) is 33.6. The van der Waals surface area contributed by atoms with Crippen LogP contribution in [0.3, 0.4) is 0 Å². The van der Waals surface area contributed by atoms with Gasteiger partial charge in [-0.05, 0) is 64.6 Å². The van der Waals surface area contributed by atoms with Gasteiger partial charge in [-0.2, -0.15) is 0 Å². The fourth-order valence-corrected chi connectivity index (χ4v) is 5.83. The normalized spacial score (nSPS) is 11.9. The van der Waals surface area contributed by atoms with Crippen molar-refractivity contribution in [2.45, 2.75) is 53.0 Å². The first kappa shape index (κ1) is 44.6. The highest BCUT2D eigenvalue weighted by atomic mass is 16.6. The molecule has 2 amide bonds. The number of pyridine rings is 1. The Morgan fingerprint density at radius 3 is 2.07 bits per heavy atom. The summed E-state index contributed by atoms with van der Waals surface area (Å²) in [7, 11) is 0. The monoisotopic (exact) mass is 786 g/mol. The van der Waals surface area contributed by atoms with Gasteiger partial charge in [0.05, 0.1) is 71.9 Å². The fourth-order valence-electron chi connectivity index (χ4n) is 5.83. The number of rotatable bonds is 26. The van der Waals surface area contributed by atoms with Crippen LogP contribution in [0.2, 0.25) is 0 Å². The molecule has 0 aliphatic rings. The second-order valence-corrected chi connectivity index (χ2v) is 14.8. The van der Waals surface area contributed by atoms with E-state index in [1.807, 2.05) is 79.7 Å². The number of aromatic nitrogens is 1. The number of benzene rings is 3. The summed E-state index contributed by atoms with van der Waals surface area (Å²) in [5.41, 5.74) is 3.77. The van der Waals surface area contributed by atoms with Crippen molar-refractivity contribution in [1.29, 1.82) is 0 Å². The van der Waals surface area contributed by atoms with Crippen molar-refractivity contribution in [3.8, 4) is 16.9 Å². The topological polar surface area (TPSA) is 167 Å². The van der Waals surface area contributed by atoms with Gasteiger partial charge in [0.25, 0.3) is 0 Å². The highest BCUT2D eigenvalue weighted by Gasteiger charge is 2.19. The molecule has 4 rings (SSSR count). The summed E-state index contributed by atoms with van der Waals surface area (Å²) < 4.78 is 28.5. The molecule has 3 aromatic carbocycles. The number of nitrogens with one attached hydrogen (secondary N) is 3. The number of aliphatic carboxylic acids is 1. The van der Waals surface area contributed by atoms with Crippen molar-refractivity contribution >= 4 is 34.4 Å². The molecule has 0 bridgehead atoms. The Balaban J connectivity index is 1.20. The minimum atomic E-state index is -1.06. The third-order valence-electron chi connectivity index (χ3n) is 8.61. The van der Waals surface area contributed by atoms with E-state index in [1.165, 1.54) is 0 Å². The number of hydrogen-bond donors (Lipinski definition) is 4.